The molecule has 0 radical (unpaired) electrons. The number of ether oxygens (including phenoxy) is 1. The highest BCUT2D eigenvalue weighted by Crippen LogP contribution is 2.27. The third-order valence-corrected chi connectivity index (χ3v) is 3.87. The fraction of sp³-hybridized carbons (Fsp3) is 0.429. The lowest BCUT2D eigenvalue weighted by molar-refractivity contribution is 0.0698. The van der Waals surface area contributed by atoms with Crippen LogP contribution in [0.3, 0.4) is 0 Å². The van der Waals surface area contributed by atoms with Crippen LogP contribution in [0.25, 0.3) is 10.9 Å². The summed E-state index contributed by atoms with van der Waals surface area (Å²) in [5.74, 6) is 0. The minimum atomic E-state index is 0.446. The first-order valence-electron chi connectivity index (χ1n) is 6.41. The van der Waals surface area contributed by atoms with Gasteiger partial charge < -0.3 is 15.0 Å². The van der Waals surface area contributed by atoms with Crippen molar-refractivity contribution in [2.45, 2.75) is 25.4 Å². The van der Waals surface area contributed by atoms with Crippen molar-refractivity contribution in [1.82, 2.24) is 10.3 Å². The van der Waals surface area contributed by atoms with E-state index in [1.54, 1.807) is 0 Å². The molecule has 1 unspecified atom stereocenters. The van der Waals surface area contributed by atoms with Crippen LogP contribution in [0.15, 0.2) is 24.3 Å². The maximum Gasteiger partial charge on any atom is 0.0705 e. The normalized spacial score (nSPS) is 20.4. The third-order valence-electron chi connectivity index (χ3n) is 3.44. The standard InChI is InChI=1S/C14H17ClN2O/c15-14-11-5-1-2-6-12(11)17-13(14)8-16-10-4-3-7-18-9-10/h1-2,5-6,10,16-17H,3-4,7-9H2. The molecule has 1 aromatic carbocycles. The lowest BCUT2D eigenvalue weighted by Crippen LogP contribution is -2.36. The van der Waals surface area contributed by atoms with Gasteiger partial charge in [-0.25, -0.2) is 0 Å². The second-order valence-corrected chi connectivity index (χ2v) is 5.14. The fourth-order valence-corrected chi connectivity index (χ4v) is 2.71. The number of para-hydroxylation sites is 1. The first-order valence-corrected chi connectivity index (χ1v) is 6.78. The minimum Gasteiger partial charge on any atom is -0.380 e. The molecule has 1 aliphatic rings. The SMILES string of the molecule is Clc1c(CNC2CCCOC2)[nH]c2ccccc12. The maximum absolute atomic E-state index is 6.37. The second-order valence-electron chi connectivity index (χ2n) is 4.76. The smallest absolute Gasteiger partial charge is 0.0705 e. The van der Waals surface area contributed by atoms with E-state index in [1.807, 2.05) is 18.2 Å². The van der Waals surface area contributed by atoms with Crippen LogP contribution < -0.4 is 5.32 Å². The average Bonchev–Trinajstić information content (AvgIpc) is 2.75. The van der Waals surface area contributed by atoms with Gasteiger partial charge in [-0.3, -0.25) is 0 Å². The summed E-state index contributed by atoms with van der Waals surface area (Å²) in [5, 5.41) is 5.42. The number of aromatic nitrogens is 1. The number of nitrogens with one attached hydrogen (secondary N) is 2. The summed E-state index contributed by atoms with van der Waals surface area (Å²) in [7, 11) is 0. The zero-order valence-corrected chi connectivity index (χ0v) is 11.0. The van der Waals surface area contributed by atoms with Gasteiger partial charge in [-0.15, -0.1) is 0 Å². The Morgan fingerprint density at radius 1 is 1.39 bits per heavy atom. The quantitative estimate of drug-likeness (QED) is 0.894. The Morgan fingerprint density at radius 2 is 2.28 bits per heavy atom. The van der Waals surface area contributed by atoms with Gasteiger partial charge in [0.2, 0.25) is 0 Å². The van der Waals surface area contributed by atoms with Gasteiger partial charge in [0.1, 0.15) is 0 Å². The number of aromatic amines is 1. The van der Waals surface area contributed by atoms with Crippen molar-refractivity contribution in [2.24, 2.45) is 0 Å². The molecule has 1 atom stereocenters. The fourth-order valence-electron chi connectivity index (χ4n) is 2.43. The van der Waals surface area contributed by atoms with Crippen LogP contribution >= 0.6 is 11.6 Å². The van der Waals surface area contributed by atoms with Gasteiger partial charge in [0.15, 0.2) is 0 Å². The van der Waals surface area contributed by atoms with Crippen molar-refractivity contribution < 1.29 is 4.74 Å². The number of fused-ring (bicyclic) bond motifs is 1. The van der Waals surface area contributed by atoms with Crippen molar-refractivity contribution in [3.8, 4) is 0 Å². The van der Waals surface area contributed by atoms with E-state index in [-0.39, 0.29) is 0 Å². The molecule has 0 bridgehead atoms. The van der Waals surface area contributed by atoms with Crippen LogP contribution in [-0.4, -0.2) is 24.2 Å². The number of benzene rings is 1. The molecule has 18 heavy (non-hydrogen) atoms. The molecular weight excluding hydrogens is 248 g/mol. The van der Waals surface area contributed by atoms with Crippen molar-refractivity contribution in [2.75, 3.05) is 13.2 Å². The highest BCUT2D eigenvalue weighted by molar-refractivity contribution is 6.36. The zero-order chi connectivity index (χ0) is 12.4. The zero-order valence-electron chi connectivity index (χ0n) is 10.2. The minimum absolute atomic E-state index is 0.446. The molecule has 0 saturated carbocycles. The summed E-state index contributed by atoms with van der Waals surface area (Å²) in [6.45, 7) is 2.46. The Kier molecular flexibility index (Phi) is 3.55. The van der Waals surface area contributed by atoms with Crippen LogP contribution in [0, 0.1) is 0 Å². The van der Waals surface area contributed by atoms with Gasteiger partial charge in [0, 0.05) is 35.8 Å². The molecule has 2 N–H and O–H groups in total. The highest BCUT2D eigenvalue weighted by atomic mass is 35.5. The van der Waals surface area contributed by atoms with E-state index in [0.717, 1.165) is 47.8 Å². The predicted molar refractivity (Wildman–Crippen MR) is 74.0 cm³/mol. The third kappa shape index (κ3) is 2.39. The monoisotopic (exact) mass is 264 g/mol. The van der Waals surface area contributed by atoms with Gasteiger partial charge in [-0.05, 0) is 18.9 Å². The predicted octanol–water partition coefficient (Wildman–Crippen LogP) is 3.09. The largest absolute Gasteiger partial charge is 0.380 e. The second kappa shape index (κ2) is 5.31. The molecule has 3 nitrogen and oxygen atoms in total. The Balaban J connectivity index is 1.72. The van der Waals surface area contributed by atoms with Crippen LogP contribution in [0.4, 0.5) is 0 Å². The summed E-state index contributed by atoms with van der Waals surface area (Å²) >= 11 is 6.37. The Bertz CT molecular complexity index is 532. The van der Waals surface area contributed by atoms with Crippen molar-refractivity contribution in [3.05, 3.63) is 35.0 Å². The molecule has 1 saturated heterocycles. The van der Waals surface area contributed by atoms with Gasteiger partial charge >= 0.3 is 0 Å². The Morgan fingerprint density at radius 3 is 3.06 bits per heavy atom. The van der Waals surface area contributed by atoms with E-state index in [2.05, 4.69) is 16.4 Å². The highest BCUT2D eigenvalue weighted by Gasteiger charge is 2.15. The van der Waals surface area contributed by atoms with E-state index in [4.69, 9.17) is 16.3 Å². The Labute approximate surface area is 111 Å². The topological polar surface area (TPSA) is 37.0 Å². The molecule has 96 valence electrons. The lowest BCUT2D eigenvalue weighted by Gasteiger charge is -2.23. The van der Waals surface area contributed by atoms with Crippen LogP contribution in [0.5, 0.6) is 0 Å². The first kappa shape index (κ1) is 12.0. The molecule has 0 spiro atoms. The summed E-state index contributed by atoms with van der Waals surface area (Å²) in [4.78, 5) is 3.37. The van der Waals surface area contributed by atoms with E-state index < -0.39 is 0 Å². The van der Waals surface area contributed by atoms with Gasteiger partial charge in [0.25, 0.3) is 0 Å². The summed E-state index contributed by atoms with van der Waals surface area (Å²) < 4.78 is 5.45. The Hall–Kier alpha value is -1.03. The molecular formula is C14H17ClN2O. The van der Waals surface area contributed by atoms with Crippen LogP contribution in [-0.2, 0) is 11.3 Å². The molecule has 0 aliphatic carbocycles. The molecule has 3 rings (SSSR count). The van der Waals surface area contributed by atoms with Crippen LogP contribution in [0.1, 0.15) is 18.5 Å². The number of H-pyrrole nitrogens is 1. The van der Waals surface area contributed by atoms with E-state index in [0.29, 0.717) is 6.04 Å². The van der Waals surface area contributed by atoms with Gasteiger partial charge in [-0.1, -0.05) is 29.8 Å². The summed E-state index contributed by atoms with van der Waals surface area (Å²) in [5.41, 5.74) is 2.16. The number of rotatable bonds is 3. The number of halogens is 1. The number of hydrogen-bond acceptors (Lipinski definition) is 2. The van der Waals surface area contributed by atoms with Crippen molar-refractivity contribution >= 4 is 22.5 Å². The van der Waals surface area contributed by atoms with E-state index >= 15 is 0 Å². The molecule has 2 aromatic rings. The summed E-state index contributed by atoms with van der Waals surface area (Å²) in [6.07, 6.45) is 2.32. The molecule has 4 heteroatoms. The molecule has 0 amide bonds. The molecule has 2 heterocycles. The van der Waals surface area contributed by atoms with Crippen molar-refractivity contribution in [3.63, 3.8) is 0 Å². The van der Waals surface area contributed by atoms with Crippen molar-refractivity contribution in [1.29, 1.82) is 0 Å². The van der Waals surface area contributed by atoms with Crippen LogP contribution in [0.2, 0.25) is 5.02 Å². The first-order chi connectivity index (χ1) is 8.84. The van der Waals surface area contributed by atoms with E-state index in [9.17, 15) is 0 Å². The summed E-state index contributed by atoms with van der Waals surface area (Å²) in [6, 6.07) is 8.56. The van der Waals surface area contributed by atoms with Gasteiger partial charge in [-0.2, -0.15) is 0 Å². The lowest BCUT2D eigenvalue weighted by atomic mass is 10.1. The molecule has 1 fully saturated rings. The molecule has 1 aliphatic heterocycles. The maximum atomic E-state index is 6.37. The molecule has 1 aromatic heterocycles. The van der Waals surface area contributed by atoms with E-state index in [1.165, 1.54) is 6.42 Å². The van der Waals surface area contributed by atoms with Gasteiger partial charge in [0.05, 0.1) is 11.6 Å². The average molecular weight is 265 g/mol. The number of hydrogen-bond donors (Lipinski definition) is 2.